The first-order valence-electron chi connectivity index (χ1n) is 6.01. The van der Waals surface area contributed by atoms with Crippen LogP contribution in [0.4, 0.5) is 13.2 Å². The van der Waals surface area contributed by atoms with Crippen molar-refractivity contribution < 1.29 is 22.7 Å². The maximum absolute atomic E-state index is 12.5. The molecule has 0 amide bonds. The zero-order chi connectivity index (χ0) is 14.0. The minimum absolute atomic E-state index is 0.0320. The number of carbonyl (C=O) groups is 1. The summed E-state index contributed by atoms with van der Waals surface area (Å²) in [6, 6.07) is 0. The standard InChI is InChI=1S/C13H20F3O2/c1-3-7-12(13(14,15)16)9-6-4-5-8-11(2)18-10-17/h3,10-12H,1-2,4-9H2/t11-,12?/m1/s1. The molecule has 2 atom stereocenters. The average Bonchev–Trinajstić information content (AvgIpc) is 2.26. The summed E-state index contributed by atoms with van der Waals surface area (Å²) in [7, 11) is 0. The van der Waals surface area contributed by atoms with E-state index in [0.29, 0.717) is 32.2 Å². The third-order valence-electron chi connectivity index (χ3n) is 2.74. The van der Waals surface area contributed by atoms with Crippen LogP contribution in [-0.4, -0.2) is 18.8 Å². The van der Waals surface area contributed by atoms with Crippen molar-refractivity contribution in [3.05, 3.63) is 19.6 Å². The molecule has 0 spiro atoms. The van der Waals surface area contributed by atoms with Crippen LogP contribution >= 0.6 is 0 Å². The third kappa shape index (κ3) is 8.14. The fourth-order valence-electron chi connectivity index (χ4n) is 1.70. The number of ether oxygens (including phenoxy) is 1. The van der Waals surface area contributed by atoms with Crippen LogP contribution in [0.2, 0.25) is 0 Å². The molecule has 0 heterocycles. The number of hydrogen-bond donors (Lipinski definition) is 0. The highest BCUT2D eigenvalue weighted by atomic mass is 19.4. The van der Waals surface area contributed by atoms with Gasteiger partial charge in [0.2, 0.25) is 0 Å². The van der Waals surface area contributed by atoms with Gasteiger partial charge in [-0.25, -0.2) is 0 Å². The normalized spacial score (nSPS) is 14.9. The van der Waals surface area contributed by atoms with Crippen LogP contribution in [0.15, 0.2) is 12.7 Å². The van der Waals surface area contributed by atoms with Gasteiger partial charge in [-0.15, -0.1) is 6.58 Å². The van der Waals surface area contributed by atoms with Crippen molar-refractivity contribution >= 4 is 6.47 Å². The maximum Gasteiger partial charge on any atom is 0.392 e. The Balaban J connectivity index is 3.74. The quantitative estimate of drug-likeness (QED) is 0.338. The van der Waals surface area contributed by atoms with E-state index >= 15 is 0 Å². The lowest BCUT2D eigenvalue weighted by Crippen LogP contribution is -2.22. The lowest BCUT2D eigenvalue weighted by Gasteiger charge is -2.18. The molecule has 0 saturated carbocycles. The summed E-state index contributed by atoms with van der Waals surface area (Å²) in [5.41, 5.74) is 0. The van der Waals surface area contributed by atoms with Crippen molar-refractivity contribution in [2.45, 2.75) is 50.8 Å². The van der Waals surface area contributed by atoms with Gasteiger partial charge < -0.3 is 4.74 Å². The first-order chi connectivity index (χ1) is 8.41. The number of unbranched alkanes of at least 4 members (excludes halogenated alkanes) is 2. The minimum Gasteiger partial charge on any atom is -0.465 e. The van der Waals surface area contributed by atoms with Crippen molar-refractivity contribution in [1.29, 1.82) is 0 Å². The summed E-state index contributed by atoms with van der Waals surface area (Å²) in [6.07, 6.45) is -0.691. The van der Waals surface area contributed by atoms with Crippen LogP contribution in [-0.2, 0) is 9.53 Å². The molecule has 0 saturated heterocycles. The van der Waals surface area contributed by atoms with Gasteiger partial charge in [-0.3, -0.25) is 4.79 Å². The molecule has 0 bridgehead atoms. The highest BCUT2D eigenvalue weighted by Crippen LogP contribution is 2.33. The van der Waals surface area contributed by atoms with Crippen molar-refractivity contribution in [3.8, 4) is 0 Å². The van der Waals surface area contributed by atoms with Gasteiger partial charge in [0.25, 0.3) is 6.47 Å². The SMILES string of the molecule is [CH2][C@H](CCCCCC(CC=C)C(F)(F)F)OC=O. The molecule has 1 radical (unpaired) electrons. The molecular weight excluding hydrogens is 245 g/mol. The Morgan fingerprint density at radius 1 is 1.17 bits per heavy atom. The maximum atomic E-state index is 12.5. The topological polar surface area (TPSA) is 26.3 Å². The number of carbonyl (C=O) groups excluding carboxylic acids is 1. The minimum atomic E-state index is -4.15. The summed E-state index contributed by atoms with van der Waals surface area (Å²) in [4.78, 5) is 9.98. The lowest BCUT2D eigenvalue weighted by molar-refractivity contribution is -0.175. The van der Waals surface area contributed by atoms with E-state index in [1.165, 1.54) is 6.08 Å². The van der Waals surface area contributed by atoms with Gasteiger partial charge in [0.05, 0.1) is 5.92 Å². The second kappa shape index (κ2) is 9.00. The molecule has 18 heavy (non-hydrogen) atoms. The van der Waals surface area contributed by atoms with Crippen LogP contribution in [0.5, 0.6) is 0 Å². The predicted molar refractivity (Wildman–Crippen MR) is 63.7 cm³/mol. The van der Waals surface area contributed by atoms with E-state index in [1.54, 1.807) is 0 Å². The molecule has 1 unspecified atom stereocenters. The molecule has 105 valence electrons. The Morgan fingerprint density at radius 3 is 2.28 bits per heavy atom. The van der Waals surface area contributed by atoms with E-state index in [4.69, 9.17) is 0 Å². The molecule has 0 fully saturated rings. The largest absolute Gasteiger partial charge is 0.465 e. The number of halogens is 3. The van der Waals surface area contributed by atoms with Crippen molar-refractivity contribution in [1.82, 2.24) is 0 Å². The molecule has 0 aliphatic rings. The van der Waals surface area contributed by atoms with Crippen LogP contribution in [0.25, 0.3) is 0 Å². The van der Waals surface area contributed by atoms with E-state index in [-0.39, 0.29) is 12.8 Å². The monoisotopic (exact) mass is 265 g/mol. The van der Waals surface area contributed by atoms with Crippen molar-refractivity contribution in [2.75, 3.05) is 0 Å². The lowest BCUT2D eigenvalue weighted by atomic mass is 9.96. The van der Waals surface area contributed by atoms with Gasteiger partial charge in [-0.1, -0.05) is 18.9 Å². The van der Waals surface area contributed by atoms with Gasteiger partial charge >= 0.3 is 6.18 Å². The summed E-state index contributed by atoms with van der Waals surface area (Å²) < 4.78 is 42.2. The van der Waals surface area contributed by atoms with Crippen LogP contribution in [0.3, 0.4) is 0 Å². The second-order valence-electron chi connectivity index (χ2n) is 4.26. The molecular formula is C13H20F3O2. The van der Waals surface area contributed by atoms with Crippen molar-refractivity contribution in [3.63, 3.8) is 0 Å². The van der Waals surface area contributed by atoms with Crippen molar-refractivity contribution in [2.24, 2.45) is 5.92 Å². The molecule has 0 rings (SSSR count). The second-order valence-corrected chi connectivity index (χ2v) is 4.26. The Kier molecular flexibility index (Phi) is 8.50. The molecule has 0 aromatic heterocycles. The fraction of sp³-hybridized carbons (Fsp3) is 0.692. The summed E-state index contributed by atoms with van der Waals surface area (Å²) in [6.45, 7) is 7.26. The Morgan fingerprint density at radius 2 is 1.78 bits per heavy atom. The number of rotatable bonds is 10. The first-order valence-corrected chi connectivity index (χ1v) is 6.01. The van der Waals surface area contributed by atoms with Gasteiger partial charge in [-0.05, 0) is 32.6 Å². The molecule has 5 heteroatoms. The molecule has 0 aromatic rings. The van der Waals surface area contributed by atoms with Crippen LogP contribution < -0.4 is 0 Å². The molecule has 0 aromatic carbocycles. The number of hydrogen-bond acceptors (Lipinski definition) is 2. The van der Waals surface area contributed by atoms with E-state index in [1.807, 2.05) is 0 Å². The summed E-state index contributed by atoms with van der Waals surface area (Å²) >= 11 is 0. The first kappa shape index (κ1) is 17.0. The highest BCUT2D eigenvalue weighted by Gasteiger charge is 2.37. The summed E-state index contributed by atoms with van der Waals surface area (Å²) in [5.74, 6) is -1.29. The van der Waals surface area contributed by atoms with Crippen LogP contribution in [0.1, 0.15) is 38.5 Å². The zero-order valence-corrected chi connectivity index (χ0v) is 10.4. The number of allylic oxidation sites excluding steroid dienone is 1. The van der Waals surface area contributed by atoms with Gasteiger partial charge in [0.15, 0.2) is 0 Å². The molecule has 0 aliphatic carbocycles. The fourth-order valence-corrected chi connectivity index (χ4v) is 1.70. The smallest absolute Gasteiger partial charge is 0.392 e. The van der Waals surface area contributed by atoms with Crippen LogP contribution in [0, 0.1) is 12.8 Å². The van der Waals surface area contributed by atoms with E-state index in [2.05, 4.69) is 18.2 Å². The van der Waals surface area contributed by atoms with Gasteiger partial charge in [0, 0.05) is 0 Å². The highest BCUT2D eigenvalue weighted by molar-refractivity contribution is 5.37. The van der Waals surface area contributed by atoms with E-state index < -0.39 is 18.2 Å². The zero-order valence-electron chi connectivity index (χ0n) is 10.4. The van der Waals surface area contributed by atoms with E-state index in [9.17, 15) is 18.0 Å². The molecule has 0 N–H and O–H groups in total. The summed E-state index contributed by atoms with van der Waals surface area (Å²) in [5, 5.41) is 0. The third-order valence-corrected chi connectivity index (χ3v) is 2.74. The predicted octanol–water partition coefficient (Wildman–Crippen LogP) is 4.07. The Hall–Kier alpha value is -1.00. The Labute approximate surface area is 106 Å². The Bertz CT molecular complexity index is 239. The molecule has 0 aliphatic heterocycles. The average molecular weight is 265 g/mol. The molecule has 2 nitrogen and oxygen atoms in total. The number of alkyl halides is 3. The van der Waals surface area contributed by atoms with Gasteiger partial charge in [-0.2, -0.15) is 13.2 Å². The van der Waals surface area contributed by atoms with Gasteiger partial charge in [0.1, 0.15) is 6.10 Å². The van der Waals surface area contributed by atoms with E-state index in [0.717, 1.165) is 0 Å².